The minimum absolute atomic E-state index is 0.0563. The highest BCUT2D eigenvalue weighted by Crippen LogP contribution is 2.49. The van der Waals surface area contributed by atoms with Crippen LogP contribution in [0.5, 0.6) is 0 Å². The molecule has 1 aliphatic carbocycles. The summed E-state index contributed by atoms with van der Waals surface area (Å²) in [7, 11) is 0. The van der Waals surface area contributed by atoms with Gasteiger partial charge < -0.3 is 15.2 Å². The van der Waals surface area contributed by atoms with E-state index < -0.39 is 16.8 Å². The average Bonchev–Trinajstić information content (AvgIpc) is 3.35. The number of hydrogen-bond acceptors (Lipinski definition) is 3. The van der Waals surface area contributed by atoms with E-state index in [0.29, 0.717) is 44.5 Å². The van der Waals surface area contributed by atoms with Crippen LogP contribution in [-0.2, 0) is 19.7 Å². The summed E-state index contributed by atoms with van der Waals surface area (Å²) < 4.78 is 19.2. The van der Waals surface area contributed by atoms with Gasteiger partial charge in [0.25, 0.3) is 0 Å². The van der Waals surface area contributed by atoms with Gasteiger partial charge in [-0.3, -0.25) is 9.59 Å². The van der Waals surface area contributed by atoms with Crippen LogP contribution in [0.4, 0.5) is 4.39 Å². The molecular formula is C17H20FNO4. The van der Waals surface area contributed by atoms with Gasteiger partial charge in [0.15, 0.2) is 0 Å². The number of carbonyl (C=O) groups is 2. The Bertz CT molecular complexity index is 621. The largest absolute Gasteiger partial charge is 0.481 e. The molecule has 1 saturated carbocycles. The van der Waals surface area contributed by atoms with Gasteiger partial charge in [-0.2, -0.15) is 0 Å². The predicted octanol–water partition coefficient (Wildman–Crippen LogP) is 1.85. The highest BCUT2D eigenvalue weighted by atomic mass is 19.1. The van der Waals surface area contributed by atoms with Crippen molar-refractivity contribution in [3.8, 4) is 0 Å². The maximum absolute atomic E-state index is 14.0. The lowest BCUT2D eigenvalue weighted by Crippen LogP contribution is -2.48. The maximum atomic E-state index is 14.0. The third-order valence-corrected chi connectivity index (χ3v) is 5.06. The van der Waals surface area contributed by atoms with E-state index in [1.165, 1.54) is 6.07 Å². The molecular weight excluding hydrogens is 301 g/mol. The summed E-state index contributed by atoms with van der Waals surface area (Å²) in [6.07, 6.45) is 1.91. The number of nitrogens with one attached hydrogen (secondary N) is 1. The summed E-state index contributed by atoms with van der Waals surface area (Å²) in [4.78, 5) is 24.2. The first kappa shape index (κ1) is 15.9. The van der Waals surface area contributed by atoms with E-state index in [-0.39, 0.29) is 18.3 Å². The van der Waals surface area contributed by atoms with Gasteiger partial charge in [-0.25, -0.2) is 4.39 Å². The Morgan fingerprint density at radius 3 is 2.39 bits per heavy atom. The Kier molecular flexibility index (Phi) is 4.10. The summed E-state index contributed by atoms with van der Waals surface area (Å²) in [5.41, 5.74) is -1.43. The predicted molar refractivity (Wildman–Crippen MR) is 80.4 cm³/mol. The molecule has 1 amide bonds. The zero-order chi connectivity index (χ0) is 16.5. The number of rotatable bonds is 5. The smallest absolute Gasteiger partial charge is 0.311 e. The lowest BCUT2D eigenvalue weighted by atomic mass is 9.80. The Balaban J connectivity index is 1.72. The normalized spacial score (nSPS) is 21.4. The van der Waals surface area contributed by atoms with Crippen LogP contribution in [0.3, 0.4) is 0 Å². The minimum atomic E-state index is -0.987. The molecule has 5 nitrogen and oxygen atoms in total. The van der Waals surface area contributed by atoms with E-state index in [1.54, 1.807) is 18.2 Å². The van der Waals surface area contributed by atoms with Crippen molar-refractivity contribution < 1.29 is 23.8 Å². The number of amides is 1. The third kappa shape index (κ3) is 2.83. The fourth-order valence-electron chi connectivity index (χ4n) is 3.24. The summed E-state index contributed by atoms with van der Waals surface area (Å²) in [5.74, 6) is -1.59. The van der Waals surface area contributed by atoms with Crippen LogP contribution in [0.1, 0.15) is 31.2 Å². The van der Waals surface area contributed by atoms with Crippen molar-refractivity contribution in [3.63, 3.8) is 0 Å². The van der Waals surface area contributed by atoms with E-state index in [9.17, 15) is 19.1 Å². The Labute approximate surface area is 133 Å². The van der Waals surface area contributed by atoms with Crippen LogP contribution in [0.2, 0.25) is 0 Å². The SMILES string of the molecule is O=C(O)C1(CNC(=O)C2(c3ccccc3F)CC2)CCOCC1. The van der Waals surface area contributed by atoms with Gasteiger partial charge in [-0.1, -0.05) is 18.2 Å². The quantitative estimate of drug-likeness (QED) is 0.868. The molecule has 2 N–H and O–H groups in total. The van der Waals surface area contributed by atoms with Crippen molar-refractivity contribution in [2.45, 2.75) is 31.1 Å². The van der Waals surface area contributed by atoms with Gasteiger partial charge in [0.1, 0.15) is 5.82 Å². The van der Waals surface area contributed by atoms with Crippen LogP contribution in [0.15, 0.2) is 24.3 Å². The number of ether oxygens (including phenoxy) is 1. The number of carboxylic acids is 1. The van der Waals surface area contributed by atoms with Crippen molar-refractivity contribution in [2.24, 2.45) is 5.41 Å². The molecule has 6 heteroatoms. The van der Waals surface area contributed by atoms with Gasteiger partial charge in [0, 0.05) is 25.3 Å². The first-order valence-electron chi connectivity index (χ1n) is 7.85. The van der Waals surface area contributed by atoms with E-state index >= 15 is 0 Å². The Hall–Kier alpha value is -1.95. The molecule has 124 valence electrons. The molecule has 0 bridgehead atoms. The van der Waals surface area contributed by atoms with Gasteiger partial charge in [-0.05, 0) is 31.7 Å². The first-order chi connectivity index (χ1) is 11.0. The fourth-order valence-corrected chi connectivity index (χ4v) is 3.24. The van der Waals surface area contributed by atoms with Crippen molar-refractivity contribution in [3.05, 3.63) is 35.6 Å². The van der Waals surface area contributed by atoms with Gasteiger partial charge in [0.2, 0.25) is 5.91 Å². The number of halogens is 1. The molecule has 0 atom stereocenters. The van der Waals surface area contributed by atoms with E-state index in [0.717, 1.165) is 0 Å². The van der Waals surface area contributed by atoms with Crippen molar-refractivity contribution in [1.82, 2.24) is 5.32 Å². The lowest BCUT2D eigenvalue weighted by molar-refractivity contribution is -0.154. The molecule has 1 aromatic carbocycles. The zero-order valence-electron chi connectivity index (χ0n) is 12.8. The molecule has 1 aliphatic heterocycles. The van der Waals surface area contributed by atoms with Crippen molar-refractivity contribution >= 4 is 11.9 Å². The molecule has 0 radical (unpaired) electrons. The summed E-state index contributed by atoms with van der Waals surface area (Å²) in [6, 6.07) is 6.28. The number of carbonyl (C=O) groups excluding carboxylic acids is 1. The van der Waals surface area contributed by atoms with Crippen LogP contribution < -0.4 is 5.32 Å². The first-order valence-corrected chi connectivity index (χ1v) is 7.85. The van der Waals surface area contributed by atoms with Gasteiger partial charge in [0.05, 0.1) is 10.8 Å². The van der Waals surface area contributed by atoms with Gasteiger partial charge in [-0.15, -0.1) is 0 Å². The van der Waals surface area contributed by atoms with E-state index in [1.807, 2.05) is 0 Å². The molecule has 0 aromatic heterocycles. The zero-order valence-corrected chi connectivity index (χ0v) is 12.8. The number of hydrogen-bond donors (Lipinski definition) is 2. The third-order valence-electron chi connectivity index (χ3n) is 5.06. The van der Waals surface area contributed by atoms with Crippen molar-refractivity contribution in [2.75, 3.05) is 19.8 Å². The fraction of sp³-hybridized carbons (Fsp3) is 0.529. The summed E-state index contributed by atoms with van der Waals surface area (Å²) >= 11 is 0. The lowest BCUT2D eigenvalue weighted by Gasteiger charge is -2.33. The highest BCUT2D eigenvalue weighted by molar-refractivity contribution is 5.91. The molecule has 0 spiro atoms. The monoisotopic (exact) mass is 321 g/mol. The topological polar surface area (TPSA) is 75.6 Å². The van der Waals surface area contributed by atoms with Crippen LogP contribution in [-0.4, -0.2) is 36.7 Å². The Morgan fingerprint density at radius 2 is 1.83 bits per heavy atom. The highest BCUT2D eigenvalue weighted by Gasteiger charge is 2.53. The standard InChI is InChI=1S/C17H20FNO4/c18-13-4-2-1-3-12(13)17(5-6-17)14(20)19-11-16(15(21)22)7-9-23-10-8-16/h1-4H,5-11H2,(H,19,20)(H,21,22). The molecule has 1 aromatic rings. The minimum Gasteiger partial charge on any atom is -0.481 e. The number of carboxylic acid groups (broad SMARTS) is 1. The molecule has 1 heterocycles. The number of aliphatic carboxylic acids is 1. The molecule has 23 heavy (non-hydrogen) atoms. The average molecular weight is 321 g/mol. The maximum Gasteiger partial charge on any atom is 0.311 e. The van der Waals surface area contributed by atoms with Gasteiger partial charge >= 0.3 is 5.97 Å². The summed E-state index contributed by atoms with van der Waals surface area (Å²) in [6.45, 7) is 0.808. The molecule has 0 unspecified atom stereocenters. The molecule has 1 saturated heterocycles. The second kappa shape index (κ2) is 5.92. The van der Waals surface area contributed by atoms with E-state index in [2.05, 4.69) is 5.32 Å². The molecule has 2 aliphatic rings. The van der Waals surface area contributed by atoms with Crippen molar-refractivity contribution in [1.29, 1.82) is 0 Å². The van der Waals surface area contributed by atoms with Crippen LogP contribution in [0.25, 0.3) is 0 Å². The van der Waals surface area contributed by atoms with Crippen LogP contribution in [0, 0.1) is 11.2 Å². The number of benzene rings is 1. The van der Waals surface area contributed by atoms with Crippen LogP contribution >= 0.6 is 0 Å². The molecule has 3 rings (SSSR count). The second-order valence-corrected chi connectivity index (χ2v) is 6.44. The summed E-state index contributed by atoms with van der Waals surface area (Å²) in [5, 5.41) is 12.3. The second-order valence-electron chi connectivity index (χ2n) is 6.44. The molecule has 2 fully saturated rings. The Morgan fingerprint density at radius 1 is 1.17 bits per heavy atom. The van der Waals surface area contributed by atoms with E-state index in [4.69, 9.17) is 4.74 Å².